The zero-order chi connectivity index (χ0) is 16.2. The van der Waals surface area contributed by atoms with Crippen molar-refractivity contribution in [3.8, 4) is 0 Å². The van der Waals surface area contributed by atoms with Crippen LogP contribution < -0.4 is 0 Å². The van der Waals surface area contributed by atoms with Crippen molar-refractivity contribution in [1.29, 1.82) is 0 Å². The predicted octanol–water partition coefficient (Wildman–Crippen LogP) is 1.53. The second kappa shape index (κ2) is 7.45. The van der Waals surface area contributed by atoms with Gasteiger partial charge in [0.2, 0.25) is 0 Å². The van der Waals surface area contributed by atoms with Crippen molar-refractivity contribution in [2.75, 3.05) is 33.3 Å². The van der Waals surface area contributed by atoms with Gasteiger partial charge in [-0.2, -0.15) is 5.10 Å². The van der Waals surface area contributed by atoms with Gasteiger partial charge in [0.15, 0.2) is 0 Å². The van der Waals surface area contributed by atoms with Gasteiger partial charge in [-0.25, -0.2) is 0 Å². The molecule has 0 aliphatic carbocycles. The molecule has 0 N–H and O–H groups in total. The van der Waals surface area contributed by atoms with E-state index in [1.165, 1.54) is 19.3 Å². The van der Waals surface area contributed by atoms with Crippen molar-refractivity contribution in [1.82, 2.24) is 19.6 Å². The number of rotatable bonds is 4. The van der Waals surface area contributed by atoms with Crippen molar-refractivity contribution >= 4 is 5.91 Å². The Balaban J connectivity index is 1.47. The van der Waals surface area contributed by atoms with Crippen LogP contribution in [0.2, 0.25) is 0 Å². The number of piperidine rings is 1. The molecule has 3 heterocycles. The minimum Gasteiger partial charge on any atom is -0.377 e. The van der Waals surface area contributed by atoms with Crippen molar-refractivity contribution in [3.63, 3.8) is 0 Å². The first-order valence-electron chi connectivity index (χ1n) is 8.73. The highest BCUT2D eigenvalue weighted by Crippen LogP contribution is 2.20. The largest absolute Gasteiger partial charge is 0.377 e. The Hall–Kier alpha value is -1.40. The van der Waals surface area contributed by atoms with Crippen molar-refractivity contribution in [3.05, 3.63) is 18.0 Å². The molecular formula is C17H28N4O2. The van der Waals surface area contributed by atoms with Gasteiger partial charge in [0.25, 0.3) is 5.91 Å². The van der Waals surface area contributed by atoms with Crippen LogP contribution >= 0.6 is 0 Å². The fourth-order valence-corrected chi connectivity index (χ4v) is 3.63. The lowest BCUT2D eigenvalue weighted by molar-refractivity contribution is -0.0126. The van der Waals surface area contributed by atoms with Crippen LogP contribution in [0.15, 0.2) is 12.4 Å². The fraction of sp³-hybridized carbons (Fsp3) is 0.765. The predicted molar refractivity (Wildman–Crippen MR) is 88.4 cm³/mol. The summed E-state index contributed by atoms with van der Waals surface area (Å²) >= 11 is 0. The summed E-state index contributed by atoms with van der Waals surface area (Å²) in [6, 6.07) is 0.325. The Labute approximate surface area is 138 Å². The third-order valence-corrected chi connectivity index (χ3v) is 5.11. The number of aromatic nitrogens is 2. The molecule has 1 atom stereocenters. The Morgan fingerprint density at radius 2 is 2.13 bits per heavy atom. The van der Waals surface area contributed by atoms with Crippen LogP contribution in [0.5, 0.6) is 0 Å². The molecule has 1 aromatic heterocycles. The molecule has 2 aliphatic rings. The molecule has 6 heteroatoms. The number of amides is 1. The molecule has 0 spiro atoms. The highest BCUT2D eigenvalue weighted by atomic mass is 16.5. The van der Waals surface area contributed by atoms with Gasteiger partial charge in [-0.05, 0) is 32.1 Å². The van der Waals surface area contributed by atoms with Gasteiger partial charge in [0.1, 0.15) is 0 Å². The van der Waals surface area contributed by atoms with Gasteiger partial charge in [-0.3, -0.25) is 9.48 Å². The zero-order valence-corrected chi connectivity index (χ0v) is 14.3. The summed E-state index contributed by atoms with van der Waals surface area (Å²) in [6.45, 7) is 4.07. The molecular weight excluding hydrogens is 292 g/mol. The first-order valence-corrected chi connectivity index (χ1v) is 8.73. The minimum atomic E-state index is 0.0761. The molecule has 2 fully saturated rings. The normalized spacial score (nSPS) is 23.8. The molecule has 0 radical (unpaired) electrons. The smallest absolute Gasteiger partial charge is 0.257 e. The summed E-state index contributed by atoms with van der Waals surface area (Å²) in [5.41, 5.74) is 0.674. The maximum atomic E-state index is 12.5. The molecule has 128 valence electrons. The van der Waals surface area contributed by atoms with E-state index in [0.29, 0.717) is 17.7 Å². The van der Waals surface area contributed by atoms with E-state index in [0.717, 1.165) is 39.1 Å². The summed E-state index contributed by atoms with van der Waals surface area (Å²) in [5, 5.41) is 4.09. The topological polar surface area (TPSA) is 50.6 Å². The summed E-state index contributed by atoms with van der Waals surface area (Å²) in [7, 11) is 3.75. The SMILES string of the molecule is CN(C(=O)c1cnn(C)c1)C1CCN(CC2CCCCO2)CC1. The minimum absolute atomic E-state index is 0.0761. The van der Waals surface area contributed by atoms with E-state index in [-0.39, 0.29) is 5.91 Å². The van der Waals surface area contributed by atoms with Crippen molar-refractivity contribution in [2.24, 2.45) is 7.05 Å². The standard InChI is InChI=1S/C17H28N4O2/c1-19-12-14(11-18-19)17(22)20(2)15-6-8-21(9-7-15)13-16-5-3-4-10-23-16/h11-12,15-16H,3-10,13H2,1-2H3. The zero-order valence-electron chi connectivity index (χ0n) is 14.3. The molecule has 2 aliphatic heterocycles. The molecule has 23 heavy (non-hydrogen) atoms. The third-order valence-electron chi connectivity index (χ3n) is 5.11. The Morgan fingerprint density at radius 3 is 2.74 bits per heavy atom. The molecule has 3 rings (SSSR count). The quantitative estimate of drug-likeness (QED) is 0.844. The Bertz CT molecular complexity index is 516. The molecule has 2 saturated heterocycles. The van der Waals surface area contributed by atoms with E-state index in [2.05, 4.69) is 10.00 Å². The van der Waals surface area contributed by atoms with Crippen LogP contribution in [0, 0.1) is 0 Å². The van der Waals surface area contributed by atoms with Crippen LogP contribution in [-0.2, 0) is 11.8 Å². The average molecular weight is 320 g/mol. The molecule has 0 bridgehead atoms. The van der Waals surface area contributed by atoms with Crippen molar-refractivity contribution in [2.45, 2.75) is 44.2 Å². The highest BCUT2D eigenvalue weighted by molar-refractivity contribution is 5.93. The van der Waals surface area contributed by atoms with E-state index in [1.54, 1.807) is 17.1 Å². The molecule has 1 amide bonds. The van der Waals surface area contributed by atoms with E-state index >= 15 is 0 Å². The van der Waals surface area contributed by atoms with E-state index in [4.69, 9.17) is 4.74 Å². The summed E-state index contributed by atoms with van der Waals surface area (Å²) in [6.07, 6.45) is 9.62. The van der Waals surface area contributed by atoms with Gasteiger partial charge in [-0.1, -0.05) is 0 Å². The lowest BCUT2D eigenvalue weighted by atomic mass is 10.0. The monoisotopic (exact) mass is 320 g/mol. The number of hydrogen-bond donors (Lipinski definition) is 0. The second-order valence-corrected chi connectivity index (χ2v) is 6.84. The number of likely N-dealkylation sites (tertiary alicyclic amines) is 1. The molecule has 1 aromatic rings. The maximum Gasteiger partial charge on any atom is 0.257 e. The average Bonchev–Trinajstić information content (AvgIpc) is 3.02. The van der Waals surface area contributed by atoms with E-state index in [9.17, 15) is 4.79 Å². The fourth-order valence-electron chi connectivity index (χ4n) is 3.63. The lowest BCUT2D eigenvalue weighted by Crippen LogP contribution is -2.47. The first-order chi connectivity index (χ1) is 11.1. The van der Waals surface area contributed by atoms with Crippen LogP contribution in [0.3, 0.4) is 0 Å². The van der Waals surface area contributed by atoms with Gasteiger partial charge >= 0.3 is 0 Å². The molecule has 6 nitrogen and oxygen atoms in total. The summed E-state index contributed by atoms with van der Waals surface area (Å²) in [5.74, 6) is 0.0761. The number of carbonyl (C=O) groups excluding carboxylic acids is 1. The Morgan fingerprint density at radius 1 is 1.35 bits per heavy atom. The Kier molecular flexibility index (Phi) is 5.33. The van der Waals surface area contributed by atoms with Gasteiger partial charge in [0.05, 0.1) is 17.9 Å². The molecule has 1 unspecified atom stereocenters. The molecule has 0 aromatic carbocycles. The summed E-state index contributed by atoms with van der Waals surface area (Å²) in [4.78, 5) is 16.9. The van der Waals surface area contributed by atoms with Gasteiger partial charge in [-0.15, -0.1) is 0 Å². The summed E-state index contributed by atoms with van der Waals surface area (Å²) < 4.78 is 7.51. The van der Waals surface area contributed by atoms with E-state index < -0.39 is 0 Å². The van der Waals surface area contributed by atoms with E-state index in [1.807, 2.05) is 19.0 Å². The first kappa shape index (κ1) is 16.5. The van der Waals surface area contributed by atoms with Crippen molar-refractivity contribution < 1.29 is 9.53 Å². The van der Waals surface area contributed by atoms with Crippen LogP contribution in [0.4, 0.5) is 0 Å². The lowest BCUT2D eigenvalue weighted by Gasteiger charge is -2.38. The van der Waals surface area contributed by atoms with Crippen LogP contribution in [0.1, 0.15) is 42.5 Å². The third kappa shape index (κ3) is 4.12. The highest BCUT2D eigenvalue weighted by Gasteiger charge is 2.28. The maximum absolute atomic E-state index is 12.5. The number of carbonyl (C=O) groups is 1. The second-order valence-electron chi connectivity index (χ2n) is 6.84. The molecule has 0 saturated carbocycles. The number of nitrogens with zero attached hydrogens (tertiary/aromatic N) is 4. The van der Waals surface area contributed by atoms with Crippen LogP contribution in [0.25, 0.3) is 0 Å². The number of ether oxygens (including phenoxy) is 1. The number of aryl methyl sites for hydroxylation is 1. The van der Waals surface area contributed by atoms with Gasteiger partial charge < -0.3 is 14.5 Å². The number of hydrogen-bond acceptors (Lipinski definition) is 4. The van der Waals surface area contributed by atoms with Gasteiger partial charge in [0, 0.05) is 52.6 Å². The van der Waals surface area contributed by atoms with Crippen LogP contribution in [-0.4, -0.2) is 70.9 Å².